The van der Waals surface area contributed by atoms with Gasteiger partial charge in [0, 0.05) is 0 Å². The molecule has 0 bridgehead atoms. The van der Waals surface area contributed by atoms with Gasteiger partial charge < -0.3 is 10.0 Å². The van der Waals surface area contributed by atoms with Crippen LogP contribution in [-0.4, -0.2) is 46.6 Å². The third-order valence-corrected chi connectivity index (χ3v) is 3.76. The highest BCUT2D eigenvalue weighted by molar-refractivity contribution is 8.00. The Balaban J connectivity index is 1.95. The molecule has 1 aliphatic rings. The second kappa shape index (κ2) is 6.30. The molecule has 4 heteroatoms. The van der Waals surface area contributed by atoms with Crippen molar-refractivity contribution in [1.29, 1.82) is 0 Å². The van der Waals surface area contributed by atoms with Gasteiger partial charge in [0.2, 0.25) is 0 Å². The Kier molecular flexibility index (Phi) is 5.33. The van der Waals surface area contributed by atoms with Gasteiger partial charge in [-0.25, -0.2) is 0 Å². The van der Waals surface area contributed by atoms with E-state index in [-0.39, 0.29) is 5.25 Å². The lowest BCUT2D eigenvalue weighted by Crippen LogP contribution is -2.21. The number of nitrogens with zero attached hydrogens (tertiary/aromatic N) is 1. The highest BCUT2D eigenvalue weighted by Gasteiger charge is 2.12. The maximum absolute atomic E-state index is 10.5. The normalized spacial score (nSPS) is 19.8. The van der Waals surface area contributed by atoms with Crippen LogP contribution < -0.4 is 0 Å². The summed E-state index contributed by atoms with van der Waals surface area (Å²) in [5, 5.41) is 8.41. The maximum Gasteiger partial charge on any atom is 0.316 e. The molecule has 3 nitrogen and oxygen atoms in total. The topological polar surface area (TPSA) is 40.5 Å². The highest BCUT2D eigenvalue weighted by Crippen LogP contribution is 2.13. The van der Waals surface area contributed by atoms with Gasteiger partial charge in [0.15, 0.2) is 0 Å². The summed E-state index contributed by atoms with van der Waals surface area (Å²) >= 11 is 1.54. The zero-order valence-corrected chi connectivity index (χ0v) is 9.55. The maximum atomic E-state index is 10.5. The molecule has 0 saturated carbocycles. The second-order valence-electron chi connectivity index (χ2n) is 3.75. The van der Waals surface area contributed by atoms with Crippen molar-refractivity contribution in [2.45, 2.75) is 31.4 Å². The van der Waals surface area contributed by atoms with Gasteiger partial charge in [0.25, 0.3) is 0 Å². The van der Waals surface area contributed by atoms with Crippen molar-refractivity contribution < 1.29 is 9.90 Å². The van der Waals surface area contributed by atoms with E-state index < -0.39 is 5.97 Å². The van der Waals surface area contributed by atoms with Gasteiger partial charge in [0.1, 0.15) is 0 Å². The van der Waals surface area contributed by atoms with E-state index in [2.05, 4.69) is 4.90 Å². The molecule has 1 fully saturated rings. The molecular formula is C10H19NO2S. The Morgan fingerprint density at radius 3 is 2.71 bits per heavy atom. The summed E-state index contributed by atoms with van der Waals surface area (Å²) in [4.78, 5) is 13.0. The molecule has 0 aromatic heterocycles. The van der Waals surface area contributed by atoms with Crippen molar-refractivity contribution in [3.8, 4) is 0 Å². The number of likely N-dealkylation sites (tertiary alicyclic amines) is 1. The zero-order valence-electron chi connectivity index (χ0n) is 8.74. The lowest BCUT2D eigenvalue weighted by atomic mass is 10.4. The fourth-order valence-corrected chi connectivity index (χ4v) is 2.42. The van der Waals surface area contributed by atoms with E-state index in [0.717, 1.165) is 18.7 Å². The first-order chi connectivity index (χ1) is 6.70. The molecule has 0 aromatic carbocycles. The monoisotopic (exact) mass is 217 g/mol. The molecular weight excluding hydrogens is 198 g/mol. The minimum absolute atomic E-state index is 0.256. The van der Waals surface area contributed by atoms with Crippen molar-refractivity contribution in [3.05, 3.63) is 0 Å². The van der Waals surface area contributed by atoms with Crippen LogP contribution in [0.1, 0.15) is 26.2 Å². The number of carbonyl (C=O) groups is 1. The van der Waals surface area contributed by atoms with Gasteiger partial charge in [-0.3, -0.25) is 4.79 Å². The molecule has 1 heterocycles. The van der Waals surface area contributed by atoms with Gasteiger partial charge in [-0.1, -0.05) is 0 Å². The van der Waals surface area contributed by atoms with E-state index >= 15 is 0 Å². The van der Waals surface area contributed by atoms with E-state index in [1.807, 2.05) is 0 Å². The third-order valence-electron chi connectivity index (χ3n) is 2.53. The average Bonchev–Trinajstić information content (AvgIpc) is 2.64. The number of thioether (sulfide) groups is 1. The van der Waals surface area contributed by atoms with Crippen molar-refractivity contribution >= 4 is 17.7 Å². The van der Waals surface area contributed by atoms with E-state index in [1.54, 1.807) is 18.7 Å². The van der Waals surface area contributed by atoms with Crippen molar-refractivity contribution in [2.24, 2.45) is 0 Å². The lowest BCUT2D eigenvalue weighted by molar-refractivity contribution is -0.136. The smallest absolute Gasteiger partial charge is 0.316 e. The number of hydrogen-bond donors (Lipinski definition) is 1. The molecule has 1 rings (SSSR count). The minimum atomic E-state index is -0.698. The quantitative estimate of drug-likeness (QED) is 0.687. The molecule has 1 saturated heterocycles. The summed E-state index contributed by atoms with van der Waals surface area (Å²) in [6.45, 7) is 5.36. The van der Waals surface area contributed by atoms with E-state index in [0.29, 0.717) is 0 Å². The molecule has 1 atom stereocenters. The molecule has 0 aromatic rings. The summed E-state index contributed by atoms with van der Waals surface area (Å²) in [6.07, 6.45) is 3.78. The summed E-state index contributed by atoms with van der Waals surface area (Å²) in [5.41, 5.74) is 0. The highest BCUT2D eigenvalue weighted by atomic mass is 32.2. The van der Waals surface area contributed by atoms with Crippen LogP contribution in [-0.2, 0) is 4.79 Å². The molecule has 1 N–H and O–H groups in total. The predicted octanol–water partition coefficient (Wildman–Crippen LogP) is 1.68. The summed E-state index contributed by atoms with van der Waals surface area (Å²) < 4.78 is 0. The average molecular weight is 217 g/mol. The molecule has 1 unspecified atom stereocenters. The van der Waals surface area contributed by atoms with Gasteiger partial charge in [-0.15, -0.1) is 11.8 Å². The van der Waals surface area contributed by atoms with Crippen LogP contribution in [0.2, 0.25) is 0 Å². The molecule has 14 heavy (non-hydrogen) atoms. The SMILES string of the molecule is CC(SCCCN1CCCC1)C(=O)O. The molecule has 0 aliphatic carbocycles. The van der Waals surface area contributed by atoms with E-state index in [4.69, 9.17) is 5.11 Å². The van der Waals surface area contributed by atoms with Crippen LogP contribution in [0.4, 0.5) is 0 Å². The Morgan fingerprint density at radius 2 is 2.14 bits per heavy atom. The van der Waals surface area contributed by atoms with Gasteiger partial charge in [0.05, 0.1) is 5.25 Å². The number of carboxylic acids is 1. The van der Waals surface area contributed by atoms with Crippen LogP contribution >= 0.6 is 11.8 Å². The largest absolute Gasteiger partial charge is 0.480 e. The van der Waals surface area contributed by atoms with Crippen LogP contribution in [0, 0.1) is 0 Å². The second-order valence-corrected chi connectivity index (χ2v) is 5.20. The van der Waals surface area contributed by atoms with Crippen molar-refractivity contribution in [1.82, 2.24) is 4.90 Å². The summed E-state index contributed by atoms with van der Waals surface area (Å²) in [7, 11) is 0. The fourth-order valence-electron chi connectivity index (χ4n) is 1.63. The molecule has 82 valence electrons. The van der Waals surface area contributed by atoms with Crippen LogP contribution in [0.15, 0.2) is 0 Å². The summed E-state index contributed by atoms with van der Waals surface area (Å²) in [6, 6.07) is 0. The van der Waals surface area contributed by atoms with Crippen LogP contribution in [0.5, 0.6) is 0 Å². The Labute approximate surface area is 89.9 Å². The third kappa shape index (κ3) is 4.33. The predicted molar refractivity (Wildman–Crippen MR) is 59.8 cm³/mol. The first-order valence-corrected chi connectivity index (χ1v) is 6.32. The van der Waals surface area contributed by atoms with Gasteiger partial charge >= 0.3 is 5.97 Å². The lowest BCUT2D eigenvalue weighted by Gasteiger charge is -2.14. The first kappa shape index (κ1) is 11.9. The van der Waals surface area contributed by atoms with E-state index in [1.165, 1.54) is 25.9 Å². The number of hydrogen-bond acceptors (Lipinski definition) is 3. The molecule has 0 radical (unpaired) electrons. The zero-order chi connectivity index (χ0) is 10.4. The standard InChI is InChI=1S/C10H19NO2S/c1-9(10(12)13)14-8-4-7-11-5-2-3-6-11/h9H,2-8H2,1H3,(H,12,13). The number of rotatable bonds is 6. The van der Waals surface area contributed by atoms with Gasteiger partial charge in [-0.05, 0) is 51.6 Å². The number of aliphatic carboxylic acids is 1. The Bertz CT molecular complexity index is 181. The Morgan fingerprint density at radius 1 is 1.50 bits per heavy atom. The van der Waals surface area contributed by atoms with Crippen LogP contribution in [0.3, 0.4) is 0 Å². The van der Waals surface area contributed by atoms with Crippen LogP contribution in [0.25, 0.3) is 0 Å². The molecule has 1 aliphatic heterocycles. The summed E-state index contributed by atoms with van der Waals surface area (Å²) in [5.74, 6) is 0.264. The molecule has 0 spiro atoms. The van der Waals surface area contributed by atoms with Crippen molar-refractivity contribution in [2.75, 3.05) is 25.4 Å². The first-order valence-electron chi connectivity index (χ1n) is 5.27. The van der Waals surface area contributed by atoms with Crippen molar-refractivity contribution in [3.63, 3.8) is 0 Å². The number of carboxylic acid groups (broad SMARTS) is 1. The minimum Gasteiger partial charge on any atom is -0.480 e. The van der Waals surface area contributed by atoms with E-state index in [9.17, 15) is 4.79 Å². The Hall–Kier alpha value is -0.220. The fraction of sp³-hybridized carbons (Fsp3) is 0.900. The molecule has 0 amide bonds. The van der Waals surface area contributed by atoms with Gasteiger partial charge in [-0.2, -0.15) is 0 Å².